The lowest BCUT2D eigenvalue weighted by Gasteiger charge is -2.26. The van der Waals surface area contributed by atoms with Gasteiger partial charge in [-0.3, -0.25) is 0 Å². The zero-order valence-electron chi connectivity index (χ0n) is 11.5. The van der Waals surface area contributed by atoms with E-state index < -0.39 is 8.15 Å². The first-order valence-corrected chi connectivity index (χ1v) is 8.41. The third-order valence-electron chi connectivity index (χ3n) is 3.46. The van der Waals surface area contributed by atoms with Gasteiger partial charge in [0.25, 0.3) is 0 Å². The van der Waals surface area contributed by atoms with E-state index in [0.29, 0.717) is 6.10 Å². The molecule has 102 valence electrons. The third kappa shape index (κ3) is 3.36. The van der Waals surface area contributed by atoms with Crippen molar-refractivity contribution in [1.82, 2.24) is 0 Å². The lowest BCUT2D eigenvalue weighted by atomic mass is 10.1. The normalized spacial score (nSPS) is 18.4. The summed E-state index contributed by atoms with van der Waals surface area (Å²) in [5.41, 5.74) is 0. The van der Waals surface area contributed by atoms with Crippen molar-refractivity contribution in [3.63, 3.8) is 0 Å². The predicted molar refractivity (Wildman–Crippen MR) is 86.9 cm³/mol. The number of rotatable bonds is 4. The van der Waals surface area contributed by atoms with Crippen LogP contribution >= 0.6 is 8.15 Å². The van der Waals surface area contributed by atoms with Gasteiger partial charge in [-0.2, -0.15) is 0 Å². The first-order chi connectivity index (χ1) is 9.93. The van der Waals surface area contributed by atoms with E-state index in [9.17, 15) is 0 Å². The highest BCUT2D eigenvalue weighted by atomic mass is 31.1. The minimum absolute atomic E-state index is 0.353. The summed E-state index contributed by atoms with van der Waals surface area (Å²) in [4.78, 5) is 0. The molecule has 0 aromatic heterocycles. The summed E-state index contributed by atoms with van der Waals surface area (Å²) >= 11 is 0. The Kier molecular flexibility index (Phi) is 4.63. The second kappa shape index (κ2) is 6.83. The molecule has 1 aliphatic carbocycles. The summed E-state index contributed by atoms with van der Waals surface area (Å²) < 4.78 is 6.48. The zero-order valence-corrected chi connectivity index (χ0v) is 12.4. The van der Waals surface area contributed by atoms with Crippen molar-refractivity contribution < 1.29 is 4.52 Å². The maximum atomic E-state index is 6.48. The minimum Gasteiger partial charge on any atom is -0.346 e. The fraction of sp³-hybridized carbons (Fsp3) is 0.222. The molecule has 1 nitrogen and oxygen atoms in total. The number of benzene rings is 2. The monoisotopic (exact) mass is 282 g/mol. The largest absolute Gasteiger partial charge is 0.346 e. The van der Waals surface area contributed by atoms with Crippen LogP contribution in [0.3, 0.4) is 0 Å². The van der Waals surface area contributed by atoms with Crippen LogP contribution in [0, 0.1) is 0 Å². The molecule has 0 fully saturated rings. The summed E-state index contributed by atoms with van der Waals surface area (Å²) in [6.07, 6.45) is 8.17. The van der Waals surface area contributed by atoms with Crippen molar-refractivity contribution in [1.29, 1.82) is 0 Å². The Hall–Kier alpha value is -1.43. The van der Waals surface area contributed by atoms with Crippen molar-refractivity contribution in [2.75, 3.05) is 0 Å². The second-order valence-corrected chi connectivity index (χ2v) is 6.81. The van der Waals surface area contributed by atoms with Crippen LogP contribution in [0.4, 0.5) is 0 Å². The van der Waals surface area contributed by atoms with Gasteiger partial charge in [-0.1, -0.05) is 72.8 Å². The van der Waals surface area contributed by atoms with E-state index in [2.05, 4.69) is 72.8 Å². The van der Waals surface area contributed by atoms with Gasteiger partial charge in [-0.25, -0.2) is 0 Å². The summed E-state index contributed by atoms with van der Waals surface area (Å²) in [6, 6.07) is 21.2. The van der Waals surface area contributed by atoms with E-state index in [0.717, 1.165) is 19.3 Å². The first-order valence-electron chi connectivity index (χ1n) is 7.15. The van der Waals surface area contributed by atoms with Crippen LogP contribution in [0.25, 0.3) is 0 Å². The van der Waals surface area contributed by atoms with Crippen LogP contribution in [0.1, 0.15) is 19.3 Å². The molecule has 0 radical (unpaired) electrons. The van der Waals surface area contributed by atoms with Crippen molar-refractivity contribution in [3.8, 4) is 0 Å². The van der Waals surface area contributed by atoms with E-state index >= 15 is 0 Å². The molecule has 0 N–H and O–H groups in total. The topological polar surface area (TPSA) is 9.23 Å². The molecule has 20 heavy (non-hydrogen) atoms. The SMILES string of the molecule is C1=CC[C@H](OP(c2ccccc2)c2ccccc2)CC1. The summed E-state index contributed by atoms with van der Waals surface area (Å²) in [5.74, 6) is 0. The average molecular weight is 282 g/mol. The molecular formula is C18H19OP. The van der Waals surface area contributed by atoms with Crippen LogP contribution in [0.15, 0.2) is 72.8 Å². The fourth-order valence-corrected chi connectivity index (χ4v) is 4.33. The molecule has 0 saturated heterocycles. The van der Waals surface area contributed by atoms with Crippen molar-refractivity contribution in [3.05, 3.63) is 72.8 Å². The van der Waals surface area contributed by atoms with Crippen LogP contribution in [-0.2, 0) is 4.52 Å². The van der Waals surface area contributed by atoms with Gasteiger partial charge in [0.05, 0.1) is 14.3 Å². The Morgan fingerprint density at radius 1 is 0.800 bits per heavy atom. The van der Waals surface area contributed by atoms with Gasteiger partial charge < -0.3 is 4.52 Å². The van der Waals surface area contributed by atoms with Crippen molar-refractivity contribution >= 4 is 18.8 Å². The van der Waals surface area contributed by atoms with E-state index in [1.54, 1.807) is 0 Å². The van der Waals surface area contributed by atoms with Gasteiger partial charge in [0, 0.05) is 10.6 Å². The molecular weight excluding hydrogens is 263 g/mol. The number of allylic oxidation sites excluding steroid dienone is 1. The van der Waals surface area contributed by atoms with E-state index in [1.165, 1.54) is 10.6 Å². The Labute approximate surface area is 122 Å². The Bertz CT molecular complexity index is 511. The maximum absolute atomic E-state index is 6.48. The second-order valence-electron chi connectivity index (χ2n) is 4.98. The quantitative estimate of drug-likeness (QED) is 0.604. The summed E-state index contributed by atoms with van der Waals surface area (Å²) in [5, 5.41) is 2.59. The Morgan fingerprint density at radius 2 is 1.40 bits per heavy atom. The van der Waals surface area contributed by atoms with Gasteiger partial charge in [-0.15, -0.1) is 0 Å². The van der Waals surface area contributed by atoms with Gasteiger partial charge in [0.15, 0.2) is 0 Å². The standard InChI is InChI=1S/C18H19OP/c1-4-10-16(11-5-1)19-20(17-12-6-2-7-13-17)18-14-8-3-9-15-18/h1-4,6-9,12-16H,5,10-11H2/t16-/m0/s1. The van der Waals surface area contributed by atoms with E-state index in [4.69, 9.17) is 4.52 Å². The predicted octanol–water partition coefficient (Wildman–Crippen LogP) is 4.16. The van der Waals surface area contributed by atoms with Gasteiger partial charge in [-0.05, 0) is 19.3 Å². The lowest BCUT2D eigenvalue weighted by molar-refractivity contribution is 0.219. The molecule has 0 saturated carbocycles. The number of hydrogen-bond donors (Lipinski definition) is 0. The molecule has 0 amide bonds. The van der Waals surface area contributed by atoms with Crippen molar-refractivity contribution in [2.24, 2.45) is 0 Å². The lowest BCUT2D eigenvalue weighted by Crippen LogP contribution is -2.20. The average Bonchev–Trinajstić information content (AvgIpc) is 2.55. The highest BCUT2D eigenvalue weighted by molar-refractivity contribution is 7.68. The highest BCUT2D eigenvalue weighted by Gasteiger charge is 2.20. The van der Waals surface area contributed by atoms with Crippen molar-refractivity contribution in [2.45, 2.75) is 25.4 Å². The highest BCUT2D eigenvalue weighted by Crippen LogP contribution is 2.38. The fourth-order valence-electron chi connectivity index (χ4n) is 2.41. The molecule has 0 unspecified atom stereocenters. The molecule has 0 heterocycles. The molecule has 0 aliphatic heterocycles. The molecule has 0 bridgehead atoms. The molecule has 1 aliphatic rings. The molecule has 0 spiro atoms. The van der Waals surface area contributed by atoms with Crippen LogP contribution in [-0.4, -0.2) is 6.10 Å². The molecule has 2 heteroatoms. The Balaban J connectivity index is 1.86. The summed E-state index contributed by atoms with van der Waals surface area (Å²) in [7, 11) is -0.708. The van der Waals surface area contributed by atoms with Crippen LogP contribution in [0.5, 0.6) is 0 Å². The van der Waals surface area contributed by atoms with Gasteiger partial charge in [0.2, 0.25) is 0 Å². The maximum Gasteiger partial charge on any atom is 0.0921 e. The molecule has 3 rings (SSSR count). The van der Waals surface area contributed by atoms with Gasteiger partial charge in [0.1, 0.15) is 0 Å². The first kappa shape index (κ1) is 13.5. The smallest absolute Gasteiger partial charge is 0.0921 e. The minimum atomic E-state index is -0.708. The Morgan fingerprint density at radius 3 is 1.90 bits per heavy atom. The molecule has 2 aromatic carbocycles. The molecule has 2 aromatic rings. The zero-order chi connectivity index (χ0) is 13.6. The molecule has 1 atom stereocenters. The third-order valence-corrected chi connectivity index (χ3v) is 5.50. The van der Waals surface area contributed by atoms with Crippen LogP contribution in [0.2, 0.25) is 0 Å². The van der Waals surface area contributed by atoms with Crippen LogP contribution < -0.4 is 10.6 Å². The van der Waals surface area contributed by atoms with Gasteiger partial charge >= 0.3 is 0 Å². The van der Waals surface area contributed by atoms with E-state index in [1.807, 2.05) is 0 Å². The van der Waals surface area contributed by atoms with E-state index in [-0.39, 0.29) is 0 Å². The number of hydrogen-bond acceptors (Lipinski definition) is 1. The summed E-state index contributed by atoms with van der Waals surface area (Å²) in [6.45, 7) is 0.